The maximum Gasteiger partial charge on any atom is 0.306 e. The fraction of sp³-hybridized carbons (Fsp3) is 0.550. The fourth-order valence-electron chi connectivity index (χ4n) is 8.73. The van der Waals surface area contributed by atoms with Crippen LogP contribution in [-0.2, 0) is 25.5 Å². The molecule has 1 aromatic heterocycles. The summed E-state index contributed by atoms with van der Waals surface area (Å²) in [6.45, 7) is 6.17. The Kier molecular flexibility index (Phi) is 8.94. The Morgan fingerprint density at radius 1 is 0.938 bits per heavy atom. The molecule has 8 atom stereocenters. The molecule has 2 saturated carbocycles. The van der Waals surface area contributed by atoms with E-state index in [2.05, 4.69) is 0 Å². The molecule has 1 amide bonds. The van der Waals surface area contributed by atoms with Crippen molar-refractivity contribution in [3.63, 3.8) is 0 Å². The van der Waals surface area contributed by atoms with Gasteiger partial charge in [0.15, 0.2) is 0 Å². The van der Waals surface area contributed by atoms with Gasteiger partial charge < -0.3 is 23.9 Å². The van der Waals surface area contributed by atoms with Gasteiger partial charge in [0.2, 0.25) is 5.91 Å². The van der Waals surface area contributed by atoms with Gasteiger partial charge in [-0.2, -0.15) is 0 Å². The quantitative estimate of drug-likeness (QED) is 0.224. The number of pyridine rings is 1. The topological polar surface area (TPSA) is 95.0 Å². The Morgan fingerprint density at radius 2 is 1.75 bits per heavy atom. The summed E-state index contributed by atoms with van der Waals surface area (Å²) in [5, 5.41) is 0.905. The predicted molar refractivity (Wildman–Crippen MR) is 183 cm³/mol. The molecule has 0 N–H and O–H groups in total. The van der Waals surface area contributed by atoms with E-state index >= 15 is 0 Å². The van der Waals surface area contributed by atoms with E-state index in [0.29, 0.717) is 23.5 Å². The largest absolute Gasteiger partial charge is 0.497 e. The van der Waals surface area contributed by atoms with Crippen molar-refractivity contribution in [2.75, 3.05) is 13.7 Å². The molecule has 8 heteroatoms. The SMILES string of the molecule is COc1ccc2nc3c(cc2c1)O[C@H]1CN(C(=O)[C@H](C(C)(C)C)CC(=O)O[C@@H]2CC4CC4[C@H]2CCCCC3)[C@H](C=O)[C@@H]1c1ccccc1. The number of nitrogens with zero attached hydrogens (tertiary/aromatic N) is 2. The van der Waals surface area contributed by atoms with Crippen LogP contribution in [0.25, 0.3) is 10.9 Å². The molecule has 3 fully saturated rings. The lowest BCUT2D eigenvalue weighted by Crippen LogP contribution is -2.46. The minimum atomic E-state index is -0.754. The average molecular weight is 653 g/mol. The number of rotatable bonds is 3. The van der Waals surface area contributed by atoms with E-state index in [4.69, 9.17) is 19.2 Å². The third-order valence-electron chi connectivity index (χ3n) is 11.4. The summed E-state index contributed by atoms with van der Waals surface area (Å²) >= 11 is 0. The smallest absolute Gasteiger partial charge is 0.306 e. The number of hydrogen-bond acceptors (Lipinski definition) is 7. The first-order chi connectivity index (χ1) is 23.1. The summed E-state index contributed by atoms with van der Waals surface area (Å²) in [7, 11) is 1.65. The number of aromatic nitrogens is 1. The number of methoxy groups -OCH3 is 1. The maximum absolute atomic E-state index is 14.6. The highest BCUT2D eigenvalue weighted by Gasteiger charge is 2.55. The van der Waals surface area contributed by atoms with Crippen LogP contribution in [0.3, 0.4) is 0 Å². The standard InChI is InChI=1S/C40H48N2O6/c1-40(2,3)30-21-37(44)48-34-19-25-18-29(25)28(34)13-9-6-10-14-32-35(20-26-17-27(46-4)15-16-31(26)41-32)47-36-22-42(39(30)45)33(23-43)38(36)24-11-7-5-8-12-24/h5,7-8,11-12,15-17,20,23,25,28-30,33-34,36,38H,6,9-10,13-14,18-19,21-22H2,1-4H3/t25?,28-,29?,30-,33-,34-,36+,38+/m1/s1. The van der Waals surface area contributed by atoms with Gasteiger partial charge in [0.05, 0.1) is 49.2 Å². The summed E-state index contributed by atoms with van der Waals surface area (Å²) in [4.78, 5) is 47.9. The van der Waals surface area contributed by atoms with Gasteiger partial charge in [0, 0.05) is 5.39 Å². The molecule has 2 aromatic carbocycles. The molecule has 1 saturated heterocycles. The minimum Gasteiger partial charge on any atom is -0.497 e. The molecular formula is C40H48N2O6. The van der Waals surface area contributed by atoms with E-state index in [1.807, 2.05) is 75.4 Å². The molecule has 2 bridgehead atoms. The summed E-state index contributed by atoms with van der Waals surface area (Å²) in [6, 6.07) is 17.0. The molecule has 2 aliphatic heterocycles. The lowest BCUT2D eigenvalue weighted by molar-refractivity contribution is -0.158. The zero-order valence-electron chi connectivity index (χ0n) is 28.6. The first kappa shape index (κ1) is 32.6. The van der Waals surface area contributed by atoms with Crippen molar-refractivity contribution in [2.45, 2.75) is 96.3 Å². The summed E-state index contributed by atoms with van der Waals surface area (Å²) < 4.78 is 18.6. The number of amides is 1. The van der Waals surface area contributed by atoms with Gasteiger partial charge >= 0.3 is 5.97 Å². The molecule has 2 aliphatic carbocycles. The van der Waals surface area contributed by atoms with Gasteiger partial charge in [-0.05, 0) is 85.1 Å². The molecule has 254 valence electrons. The number of carbonyl (C=O) groups excluding carboxylic acids is 3. The summed E-state index contributed by atoms with van der Waals surface area (Å²) in [6.07, 6.45) is 7.33. The average Bonchev–Trinajstić information content (AvgIpc) is 3.61. The molecule has 3 aromatic rings. The van der Waals surface area contributed by atoms with Crippen LogP contribution in [-0.4, -0.2) is 60.0 Å². The predicted octanol–water partition coefficient (Wildman–Crippen LogP) is 6.92. The number of carbonyl (C=O) groups is 3. The number of esters is 1. The van der Waals surface area contributed by atoms with Crippen LogP contribution in [0.5, 0.6) is 11.5 Å². The van der Waals surface area contributed by atoms with Crippen molar-refractivity contribution in [3.8, 4) is 11.5 Å². The Bertz CT molecular complexity index is 1670. The first-order valence-corrected chi connectivity index (χ1v) is 17.8. The van der Waals surface area contributed by atoms with Crippen LogP contribution < -0.4 is 9.47 Å². The van der Waals surface area contributed by atoms with Crippen LogP contribution in [0, 0.1) is 29.1 Å². The second-order valence-electron chi connectivity index (χ2n) is 15.5. The van der Waals surface area contributed by atoms with Crippen LogP contribution in [0.15, 0.2) is 54.6 Å². The monoisotopic (exact) mass is 652 g/mol. The van der Waals surface area contributed by atoms with Crippen LogP contribution in [0.2, 0.25) is 0 Å². The normalized spacial score (nSPS) is 31.0. The van der Waals surface area contributed by atoms with Crippen molar-refractivity contribution >= 4 is 29.1 Å². The summed E-state index contributed by atoms with van der Waals surface area (Å²) in [5.74, 6) is 1.54. The molecule has 7 rings (SSSR count). The zero-order chi connectivity index (χ0) is 33.6. The van der Waals surface area contributed by atoms with Gasteiger partial charge in [-0.25, -0.2) is 4.98 Å². The highest BCUT2D eigenvalue weighted by molar-refractivity contribution is 5.87. The molecule has 4 aliphatic rings. The third kappa shape index (κ3) is 6.42. The number of aldehydes is 1. The van der Waals surface area contributed by atoms with Crippen molar-refractivity contribution in [2.24, 2.45) is 29.1 Å². The minimum absolute atomic E-state index is 0.00886. The van der Waals surface area contributed by atoms with E-state index in [9.17, 15) is 14.4 Å². The van der Waals surface area contributed by atoms with Gasteiger partial charge in [0.25, 0.3) is 0 Å². The number of fused-ring (bicyclic) bond motifs is 7. The van der Waals surface area contributed by atoms with E-state index in [1.165, 1.54) is 6.42 Å². The molecule has 3 heterocycles. The van der Waals surface area contributed by atoms with Crippen molar-refractivity contribution in [3.05, 3.63) is 65.9 Å². The highest BCUT2D eigenvalue weighted by Crippen LogP contribution is 2.58. The molecule has 8 nitrogen and oxygen atoms in total. The maximum atomic E-state index is 14.6. The highest BCUT2D eigenvalue weighted by atomic mass is 16.5. The van der Waals surface area contributed by atoms with E-state index in [-0.39, 0.29) is 30.9 Å². The Hall–Kier alpha value is -3.94. The van der Waals surface area contributed by atoms with Crippen molar-refractivity contribution in [1.29, 1.82) is 0 Å². The van der Waals surface area contributed by atoms with Crippen LogP contribution in [0.1, 0.15) is 82.9 Å². The third-order valence-corrected chi connectivity index (χ3v) is 11.4. The second-order valence-corrected chi connectivity index (χ2v) is 15.5. The van der Waals surface area contributed by atoms with Gasteiger partial charge in [0.1, 0.15) is 30.0 Å². The number of hydrogen-bond donors (Lipinski definition) is 0. The fourth-order valence-corrected chi connectivity index (χ4v) is 8.73. The number of benzene rings is 2. The number of ether oxygens (including phenoxy) is 3. The number of aryl methyl sites for hydroxylation is 1. The second kappa shape index (κ2) is 13.2. The van der Waals surface area contributed by atoms with Crippen LogP contribution >= 0.6 is 0 Å². The van der Waals surface area contributed by atoms with Gasteiger partial charge in [-0.3, -0.25) is 9.59 Å². The van der Waals surface area contributed by atoms with Gasteiger partial charge in [-0.1, -0.05) is 63.9 Å². The lowest BCUT2D eigenvalue weighted by Gasteiger charge is -2.34. The molecule has 2 unspecified atom stereocenters. The molecule has 48 heavy (non-hydrogen) atoms. The van der Waals surface area contributed by atoms with E-state index in [1.54, 1.807) is 12.0 Å². The van der Waals surface area contributed by atoms with E-state index < -0.39 is 29.4 Å². The van der Waals surface area contributed by atoms with Gasteiger partial charge in [-0.15, -0.1) is 0 Å². The zero-order valence-corrected chi connectivity index (χ0v) is 28.6. The molecule has 0 spiro atoms. The molecule has 0 radical (unpaired) electrons. The lowest BCUT2D eigenvalue weighted by atomic mass is 9.77. The molecular weight excluding hydrogens is 604 g/mol. The Balaban J connectivity index is 1.29. The Morgan fingerprint density at radius 3 is 2.50 bits per heavy atom. The Labute approximate surface area is 283 Å². The van der Waals surface area contributed by atoms with Crippen molar-refractivity contribution in [1.82, 2.24) is 9.88 Å². The van der Waals surface area contributed by atoms with Crippen molar-refractivity contribution < 1.29 is 28.6 Å². The van der Waals surface area contributed by atoms with Crippen LogP contribution in [0.4, 0.5) is 0 Å². The van der Waals surface area contributed by atoms with E-state index in [0.717, 1.165) is 72.7 Å². The first-order valence-electron chi connectivity index (χ1n) is 17.8. The summed E-state index contributed by atoms with van der Waals surface area (Å²) in [5.41, 5.74) is 2.15.